The molecule has 5 nitrogen and oxygen atoms in total. The molecule has 1 aliphatic heterocycles. The van der Waals surface area contributed by atoms with Crippen molar-refractivity contribution in [2.24, 2.45) is 0 Å². The second kappa shape index (κ2) is 7.13. The van der Waals surface area contributed by atoms with Gasteiger partial charge in [0.15, 0.2) is 0 Å². The van der Waals surface area contributed by atoms with Gasteiger partial charge in [-0.2, -0.15) is 4.31 Å². The third-order valence-corrected chi connectivity index (χ3v) is 7.68. The largest absolute Gasteiger partial charge is 0.339 e. The highest BCUT2D eigenvalue weighted by Gasteiger charge is 2.53. The van der Waals surface area contributed by atoms with E-state index in [1.807, 2.05) is 18.2 Å². The molecule has 0 atom stereocenters. The van der Waals surface area contributed by atoms with E-state index in [0.717, 1.165) is 24.5 Å². The van der Waals surface area contributed by atoms with Crippen LogP contribution in [0.2, 0.25) is 5.02 Å². The first-order valence-electron chi connectivity index (χ1n) is 9.15. The Kier molecular flexibility index (Phi) is 4.93. The number of sulfonamides is 1. The molecule has 1 amide bonds. The standard InChI is InChI=1S/C20H20ClFN2O3S/c21-16-5-3-4-15(14-16)20(8-9-20)19(25)23-10-12-24(13-11-23)28(26,27)18-7-2-1-6-17(18)22/h1-7,14H,8-13H2. The zero-order chi connectivity index (χ0) is 19.9. The van der Waals surface area contributed by atoms with Gasteiger partial charge in [-0.15, -0.1) is 0 Å². The maximum Gasteiger partial charge on any atom is 0.246 e. The lowest BCUT2D eigenvalue weighted by Crippen LogP contribution is -2.53. The fraction of sp³-hybridized carbons (Fsp3) is 0.350. The number of rotatable bonds is 4. The summed E-state index contributed by atoms with van der Waals surface area (Å²) in [4.78, 5) is 14.5. The number of hydrogen-bond donors (Lipinski definition) is 0. The van der Waals surface area contributed by atoms with Gasteiger partial charge in [0, 0.05) is 31.2 Å². The van der Waals surface area contributed by atoms with E-state index in [2.05, 4.69) is 0 Å². The number of hydrogen-bond acceptors (Lipinski definition) is 3. The van der Waals surface area contributed by atoms with Crippen LogP contribution in [0.3, 0.4) is 0 Å². The van der Waals surface area contributed by atoms with E-state index >= 15 is 0 Å². The summed E-state index contributed by atoms with van der Waals surface area (Å²) in [6.07, 6.45) is 1.53. The number of carbonyl (C=O) groups is 1. The lowest BCUT2D eigenvalue weighted by molar-refractivity contribution is -0.135. The van der Waals surface area contributed by atoms with Crippen LogP contribution in [0.25, 0.3) is 0 Å². The quantitative estimate of drug-likeness (QED) is 0.761. The van der Waals surface area contributed by atoms with Crippen molar-refractivity contribution in [2.75, 3.05) is 26.2 Å². The van der Waals surface area contributed by atoms with Gasteiger partial charge in [-0.3, -0.25) is 4.79 Å². The fourth-order valence-electron chi connectivity index (χ4n) is 3.76. The molecule has 1 saturated carbocycles. The van der Waals surface area contributed by atoms with Gasteiger partial charge in [-0.25, -0.2) is 12.8 Å². The van der Waals surface area contributed by atoms with Crippen molar-refractivity contribution in [1.29, 1.82) is 0 Å². The van der Waals surface area contributed by atoms with Crippen LogP contribution in [-0.4, -0.2) is 49.7 Å². The Hall–Kier alpha value is -1.96. The van der Waals surface area contributed by atoms with E-state index in [-0.39, 0.29) is 37.0 Å². The molecule has 0 radical (unpaired) electrons. The Morgan fingerprint density at radius 3 is 2.29 bits per heavy atom. The Morgan fingerprint density at radius 1 is 1.00 bits per heavy atom. The highest BCUT2D eigenvalue weighted by atomic mass is 35.5. The summed E-state index contributed by atoms with van der Waals surface area (Å²) in [6.45, 7) is 0.867. The van der Waals surface area contributed by atoms with Crippen molar-refractivity contribution in [2.45, 2.75) is 23.2 Å². The molecular formula is C20H20ClFN2O3S. The van der Waals surface area contributed by atoms with Crippen molar-refractivity contribution in [3.63, 3.8) is 0 Å². The molecule has 4 rings (SSSR count). The Balaban J connectivity index is 1.47. The fourth-order valence-corrected chi connectivity index (χ4v) is 5.44. The minimum atomic E-state index is -3.92. The number of nitrogens with zero attached hydrogens (tertiary/aromatic N) is 2. The molecule has 8 heteroatoms. The van der Waals surface area contributed by atoms with Crippen LogP contribution in [0.5, 0.6) is 0 Å². The monoisotopic (exact) mass is 422 g/mol. The van der Waals surface area contributed by atoms with Crippen LogP contribution < -0.4 is 0 Å². The average molecular weight is 423 g/mol. The summed E-state index contributed by atoms with van der Waals surface area (Å²) in [5.41, 5.74) is 0.365. The van der Waals surface area contributed by atoms with Gasteiger partial charge in [-0.1, -0.05) is 35.9 Å². The van der Waals surface area contributed by atoms with Crippen LogP contribution in [0.1, 0.15) is 18.4 Å². The Bertz CT molecular complexity index is 1020. The highest BCUT2D eigenvalue weighted by Crippen LogP contribution is 2.50. The summed E-state index contributed by atoms with van der Waals surface area (Å²) in [6, 6.07) is 12.7. The molecule has 2 aliphatic rings. The van der Waals surface area contributed by atoms with E-state index < -0.39 is 21.3 Å². The van der Waals surface area contributed by atoms with E-state index in [0.29, 0.717) is 5.02 Å². The molecule has 0 aromatic heterocycles. The van der Waals surface area contributed by atoms with Gasteiger partial charge in [-0.05, 0) is 42.7 Å². The molecule has 148 valence electrons. The summed E-state index contributed by atoms with van der Waals surface area (Å²) >= 11 is 6.08. The van der Waals surface area contributed by atoms with Crippen LogP contribution in [0.15, 0.2) is 53.4 Å². The van der Waals surface area contributed by atoms with Gasteiger partial charge in [0.05, 0.1) is 5.41 Å². The molecule has 0 N–H and O–H groups in total. The average Bonchev–Trinajstić information content (AvgIpc) is 3.50. The van der Waals surface area contributed by atoms with Crippen molar-refractivity contribution >= 4 is 27.5 Å². The first kappa shape index (κ1) is 19.4. The van der Waals surface area contributed by atoms with Crippen LogP contribution >= 0.6 is 11.6 Å². The highest BCUT2D eigenvalue weighted by molar-refractivity contribution is 7.89. The first-order chi connectivity index (χ1) is 13.3. The van der Waals surface area contributed by atoms with Crippen molar-refractivity contribution < 1.29 is 17.6 Å². The molecule has 1 saturated heterocycles. The second-order valence-electron chi connectivity index (χ2n) is 7.22. The van der Waals surface area contributed by atoms with E-state index in [1.165, 1.54) is 22.5 Å². The number of carbonyl (C=O) groups excluding carboxylic acids is 1. The minimum Gasteiger partial charge on any atom is -0.339 e. The van der Waals surface area contributed by atoms with Crippen LogP contribution in [-0.2, 0) is 20.2 Å². The third kappa shape index (κ3) is 3.32. The van der Waals surface area contributed by atoms with E-state index in [1.54, 1.807) is 11.0 Å². The minimum absolute atomic E-state index is 0.0118. The summed E-state index contributed by atoms with van der Waals surface area (Å²) in [5, 5.41) is 0.595. The topological polar surface area (TPSA) is 57.7 Å². The van der Waals surface area contributed by atoms with Gasteiger partial charge in [0.2, 0.25) is 15.9 Å². The third-order valence-electron chi connectivity index (χ3n) is 5.52. The van der Waals surface area contributed by atoms with Gasteiger partial charge >= 0.3 is 0 Å². The smallest absolute Gasteiger partial charge is 0.246 e. The number of amides is 1. The van der Waals surface area contributed by atoms with E-state index in [9.17, 15) is 17.6 Å². The maximum absolute atomic E-state index is 13.9. The Labute approximate surface area is 168 Å². The van der Waals surface area contributed by atoms with E-state index in [4.69, 9.17) is 11.6 Å². The summed E-state index contributed by atoms with van der Waals surface area (Å²) in [5.74, 6) is -0.753. The predicted octanol–water partition coefficient (Wildman–Crippen LogP) is 3.04. The Morgan fingerprint density at radius 2 is 1.68 bits per heavy atom. The molecule has 2 fully saturated rings. The molecule has 0 spiro atoms. The molecule has 2 aromatic carbocycles. The summed E-state index contributed by atoms with van der Waals surface area (Å²) in [7, 11) is -3.92. The van der Waals surface area contributed by atoms with Crippen LogP contribution in [0, 0.1) is 5.82 Å². The summed E-state index contributed by atoms with van der Waals surface area (Å²) < 4.78 is 40.6. The SMILES string of the molecule is O=C(N1CCN(S(=O)(=O)c2ccccc2F)CC1)C1(c2cccc(Cl)c2)CC1. The zero-order valence-electron chi connectivity index (χ0n) is 15.1. The molecule has 0 unspecified atom stereocenters. The molecule has 28 heavy (non-hydrogen) atoms. The van der Waals surface area contributed by atoms with Gasteiger partial charge in [0.25, 0.3) is 0 Å². The number of benzene rings is 2. The lowest BCUT2D eigenvalue weighted by atomic mass is 9.94. The lowest BCUT2D eigenvalue weighted by Gasteiger charge is -2.36. The predicted molar refractivity (Wildman–Crippen MR) is 104 cm³/mol. The zero-order valence-corrected chi connectivity index (χ0v) is 16.7. The molecule has 0 bridgehead atoms. The van der Waals surface area contributed by atoms with Crippen LogP contribution in [0.4, 0.5) is 4.39 Å². The molecule has 1 heterocycles. The molecule has 1 aliphatic carbocycles. The van der Waals surface area contributed by atoms with Gasteiger partial charge in [0.1, 0.15) is 10.7 Å². The van der Waals surface area contributed by atoms with Crippen molar-refractivity contribution in [1.82, 2.24) is 9.21 Å². The first-order valence-corrected chi connectivity index (χ1v) is 11.0. The number of halogens is 2. The normalized spacial score (nSPS) is 19.4. The van der Waals surface area contributed by atoms with Crippen molar-refractivity contribution in [3.8, 4) is 0 Å². The van der Waals surface area contributed by atoms with Crippen molar-refractivity contribution in [3.05, 3.63) is 64.9 Å². The molecule has 2 aromatic rings. The second-order valence-corrected chi connectivity index (χ2v) is 9.56. The molecular weight excluding hydrogens is 403 g/mol. The maximum atomic E-state index is 13.9. The van der Waals surface area contributed by atoms with Gasteiger partial charge < -0.3 is 4.90 Å². The number of piperazine rings is 1.